The highest BCUT2D eigenvalue weighted by Crippen LogP contribution is 2.42. The van der Waals surface area contributed by atoms with Crippen LogP contribution in [0.4, 0.5) is 5.69 Å². The number of amides is 1. The van der Waals surface area contributed by atoms with Gasteiger partial charge in [-0.25, -0.2) is 0 Å². The van der Waals surface area contributed by atoms with Crippen molar-refractivity contribution in [2.24, 2.45) is 0 Å². The van der Waals surface area contributed by atoms with Gasteiger partial charge in [0.1, 0.15) is 12.4 Å². The van der Waals surface area contributed by atoms with Crippen molar-refractivity contribution in [1.82, 2.24) is 0 Å². The molecule has 0 aliphatic carbocycles. The van der Waals surface area contributed by atoms with Gasteiger partial charge in [-0.15, -0.1) is 0 Å². The van der Waals surface area contributed by atoms with Crippen LogP contribution in [0.25, 0.3) is 11.1 Å². The first-order chi connectivity index (χ1) is 17.5. The number of nitrogens with zero attached hydrogens (tertiary/aromatic N) is 1. The molecule has 1 N–H and O–H groups in total. The van der Waals surface area contributed by atoms with E-state index in [1.165, 1.54) is 4.90 Å². The minimum absolute atomic E-state index is 0.256. The number of ketones is 1. The summed E-state index contributed by atoms with van der Waals surface area (Å²) in [6.07, 6.45) is -0.331. The molecule has 1 aliphatic rings. The Bertz CT molecular complexity index is 1380. The molecule has 0 aromatic heterocycles. The number of benzene rings is 4. The zero-order chi connectivity index (χ0) is 25.1. The molecule has 1 unspecified atom stereocenters. The van der Waals surface area contributed by atoms with E-state index in [2.05, 4.69) is 0 Å². The Kier molecular flexibility index (Phi) is 6.40. The lowest BCUT2D eigenvalue weighted by molar-refractivity contribution is -0.135. The van der Waals surface area contributed by atoms with Crippen molar-refractivity contribution >= 4 is 17.4 Å². The molecule has 180 valence electrons. The van der Waals surface area contributed by atoms with Gasteiger partial charge in [-0.3, -0.25) is 9.59 Å². The van der Waals surface area contributed by atoms with E-state index in [9.17, 15) is 14.7 Å². The predicted octanol–water partition coefficient (Wildman–Crippen LogP) is 5.55. The molecule has 0 saturated carbocycles. The zero-order valence-electron chi connectivity index (χ0n) is 20.1. The molecule has 1 atom stereocenters. The predicted molar refractivity (Wildman–Crippen MR) is 140 cm³/mol. The average Bonchev–Trinajstić information content (AvgIpc) is 3.12. The van der Waals surface area contributed by atoms with E-state index >= 15 is 0 Å². The highest BCUT2D eigenvalue weighted by molar-refractivity contribution is 6.10. The van der Waals surface area contributed by atoms with Crippen LogP contribution in [0.15, 0.2) is 103 Å². The molecular weight excluding hydrogens is 450 g/mol. The Morgan fingerprint density at radius 3 is 2.19 bits per heavy atom. The first-order valence-electron chi connectivity index (χ1n) is 12.0. The van der Waals surface area contributed by atoms with E-state index in [1.54, 1.807) is 30.3 Å². The third-order valence-corrected chi connectivity index (χ3v) is 6.57. The fourth-order valence-electron chi connectivity index (χ4n) is 4.60. The van der Waals surface area contributed by atoms with Crippen LogP contribution < -0.4 is 9.64 Å². The van der Waals surface area contributed by atoms with Gasteiger partial charge in [-0.2, -0.15) is 0 Å². The van der Waals surface area contributed by atoms with Gasteiger partial charge in [0, 0.05) is 11.1 Å². The summed E-state index contributed by atoms with van der Waals surface area (Å²) in [5.41, 5.74) is 2.76. The number of ether oxygens (including phenoxy) is 1. The third kappa shape index (κ3) is 4.53. The van der Waals surface area contributed by atoms with Crippen LogP contribution in [0.1, 0.15) is 27.9 Å². The molecule has 1 heterocycles. The fraction of sp³-hybridized carbons (Fsp3) is 0.161. The molecular formula is C31H27NO4. The number of hydrogen-bond donors (Lipinski definition) is 1. The number of aryl methyl sites for hydroxylation is 1. The van der Waals surface area contributed by atoms with Crippen molar-refractivity contribution in [3.63, 3.8) is 0 Å². The molecule has 0 saturated heterocycles. The van der Waals surface area contributed by atoms with Gasteiger partial charge in [-0.05, 0) is 36.2 Å². The van der Waals surface area contributed by atoms with Crippen LogP contribution in [0.2, 0.25) is 0 Å². The highest BCUT2D eigenvalue weighted by atomic mass is 16.5. The first-order valence-corrected chi connectivity index (χ1v) is 12.0. The molecule has 0 fully saturated rings. The summed E-state index contributed by atoms with van der Waals surface area (Å²) in [6.45, 7) is 2.52. The van der Waals surface area contributed by atoms with E-state index < -0.39 is 11.5 Å². The number of hydrogen-bond acceptors (Lipinski definition) is 4. The number of para-hydroxylation sites is 1. The van der Waals surface area contributed by atoms with Crippen molar-refractivity contribution in [2.75, 3.05) is 18.1 Å². The Balaban J connectivity index is 1.32. The Hall–Kier alpha value is -4.22. The van der Waals surface area contributed by atoms with Crippen LogP contribution in [0.5, 0.6) is 5.75 Å². The quantitative estimate of drug-likeness (QED) is 0.338. The van der Waals surface area contributed by atoms with Gasteiger partial charge in [0.05, 0.1) is 18.7 Å². The standard InChI is InChI=1S/C31H27NO4/c1-22-11-17-26(18-12-22)36-20-19-32-28-10-6-5-9-27(28)31(35,30(32)34)21-29(33)25-15-13-24(14-16-25)23-7-3-2-4-8-23/h2-18,35H,19-21H2,1H3. The topological polar surface area (TPSA) is 66.8 Å². The normalized spacial score (nSPS) is 16.6. The van der Waals surface area contributed by atoms with Gasteiger partial charge < -0.3 is 14.7 Å². The van der Waals surface area contributed by atoms with Crippen molar-refractivity contribution in [1.29, 1.82) is 0 Å². The molecule has 1 amide bonds. The fourth-order valence-corrected chi connectivity index (χ4v) is 4.60. The van der Waals surface area contributed by atoms with Gasteiger partial charge in [-0.1, -0.05) is 90.5 Å². The lowest BCUT2D eigenvalue weighted by Gasteiger charge is -2.23. The maximum absolute atomic E-state index is 13.4. The summed E-state index contributed by atoms with van der Waals surface area (Å²) in [6, 6.07) is 31.9. The SMILES string of the molecule is Cc1ccc(OCCN2C(=O)C(O)(CC(=O)c3ccc(-c4ccccc4)cc3)c3ccccc32)cc1. The second-order valence-corrected chi connectivity index (χ2v) is 9.04. The van der Waals surface area contributed by atoms with E-state index in [1.807, 2.05) is 79.7 Å². The average molecular weight is 478 g/mol. The highest BCUT2D eigenvalue weighted by Gasteiger charge is 2.50. The molecule has 4 aromatic carbocycles. The maximum atomic E-state index is 13.4. The van der Waals surface area contributed by atoms with Gasteiger partial charge in [0.2, 0.25) is 0 Å². The number of fused-ring (bicyclic) bond motifs is 1. The summed E-state index contributed by atoms with van der Waals surface area (Å²) >= 11 is 0. The Labute approximate surface area is 210 Å². The number of Topliss-reactive ketones (excluding diaryl/α,β-unsaturated/α-hetero) is 1. The van der Waals surface area contributed by atoms with E-state index in [-0.39, 0.29) is 25.4 Å². The molecule has 1 aliphatic heterocycles. The zero-order valence-corrected chi connectivity index (χ0v) is 20.1. The van der Waals surface area contributed by atoms with Crippen LogP contribution in [-0.2, 0) is 10.4 Å². The number of carbonyl (C=O) groups is 2. The lowest BCUT2D eigenvalue weighted by atomic mass is 9.88. The monoisotopic (exact) mass is 477 g/mol. The second-order valence-electron chi connectivity index (χ2n) is 9.04. The molecule has 0 radical (unpaired) electrons. The number of rotatable bonds is 8. The minimum atomic E-state index is -1.92. The molecule has 36 heavy (non-hydrogen) atoms. The minimum Gasteiger partial charge on any atom is -0.492 e. The first kappa shape index (κ1) is 23.5. The number of carbonyl (C=O) groups excluding carboxylic acids is 2. The Morgan fingerprint density at radius 1 is 0.833 bits per heavy atom. The summed E-state index contributed by atoms with van der Waals surface area (Å²) in [5.74, 6) is -0.0894. The van der Waals surface area contributed by atoms with Gasteiger partial charge in [0.25, 0.3) is 5.91 Å². The van der Waals surface area contributed by atoms with Crippen molar-refractivity contribution in [3.05, 3.63) is 120 Å². The molecule has 5 heteroatoms. The molecule has 5 rings (SSSR count). The molecule has 5 nitrogen and oxygen atoms in total. The molecule has 4 aromatic rings. The van der Waals surface area contributed by atoms with Gasteiger partial charge >= 0.3 is 0 Å². The van der Waals surface area contributed by atoms with Crippen LogP contribution in [-0.4, -0.2) is 29.9 Å². The van der Waals surface area contributed by atoms with Crippen LogP contribution in [0.3, 0.4) is 0 Å². The van der Waals surface area contributed by atoms with E-state index in [0.29, 0.717) is 22.6 Å². The summed E-state index contributed by atoms with van der Waals surface area (Å²) in [5, 5.41) is 11.5. The lowest BCUT2D eigenvalue weighted by Crippen LogP contribution is -2.43. The number of aliphatic hydroxyl groups is 1. The molecule has 0 spiro atoms. The summed E-state index contributed by atoms with van der Waals surface area (Å²) < 4.78 is 5.81. The summed E-state index contributed by atoms with van der Waals surface area (Å²) in [4.78, 5) is 28.1. The van der Waals surface area contributed by atoms with Crippen molar-refractivity contribution < 1.29 is 19.4 Å². The van der Waals surface area contributed by atoms with Crippen molar-refractivity contribution in [3.8, 4) is 16.9 Å². The summed E-state index contributed by atoms with van der Waals surface area (Å²) in [7, 11) is 0. The van der Waals surface area contributed by atoms with Gasteiger partial charge in [0.15, 0.2) is 11.4 Å². The third-order valence-electron chi connectivity index (χ3n) is 6.57. The van der Waals surface area contributed by atoms with Crippen molar-refractivity contribution in [2.45, 2.75) is 18.9 Å². The Morgan fingerprint density at radius 2 is 1.47 bits per heavy atom. The van der Waals surface area contributed by atoms with Crippen LogP contribution >= 0.6 is 0 Å². The smallest absolute Gasteiger partial charge is 0.264 e. The second kappa shape index (κ2) is 9.80. The number of anilines is 1. The van der Waals surface area contributed by atoms with Crippen LogP contribution in [0, 0.1) is 6.92 Å². The largest absolute Gasteiger partial charge is 0.492 e. The molecule has 0 bridgehead atoms. The maximum Gasteiger partial charge on any atom is 0.264 e. The van der Waals surface area contributed by atoms with E-state index in [0.717, 1.165) is 16.7 Å². The van der Waals surface area contributed by atoms with E-state index in [4.69, 9.17) is 4.74 Å².